The molecule has 0 saturated carbocycles. The van der Waals surface area contributed by atoms with Crippen molar-refractivity contribution < 1.29 is 19.1 Å². The van der Waals surface area contributed by atoms with E-state index < -0.39 is 0 Å². The van der Waals surface area contributed by atoms with Crippen LogP contribution in [0.15, 0.2) is 66.3 Å². The van der Waals surface area contributed by atoms with Gasteiger partial charge in [0.15, 0.2) is 0 Å². The SMILES string of the molecule is CCOC(=O)/C=C/C(C)=C/c1ccc(NC(=O)c2ccc(OC)cc2)cc1. The van der Waals surface area contributed by atoms with Gasteiger partial charge in [0.05, 0.1) is 13.7 Å². The molecule has 0 heterocycles. The Kier molecular flexibility index (Phi) is 7.37. The summed E-state index contributed by atoms with van der Waals surface area (Å²) in [6.07, 6.45) is 5.04. The third-order valence-corrected chi connectivity index (χ3v) is 3.68. The predicted octanol–water partition coefficient (Wildman–Crippen LogP) is 4.47. The first-order valence-corrected chi connectivity index (χ1v) is 8.60. The van der Waals surface area contributed by atoms with Crippen LogP contribution in [0.4, 0.5) is 5.69 Å². The third-order valence-electron chi connectivity index (χ3n) is 3.68. The van der Waals surface area contributed by atoms with Gasteiger partial charge in [0.2, 0.25) is 0 Å². The van der Waals surface area contributed by atoms with Crippen LogP contribution in [0.2, 0.25) is 0 Å². The van der Waals surface area contributed by atoms with Crippen LogP contribution in [-0.2, 0) is 9.53 Å². The van der Waals surface area contributed by atoms with Crippen LogP contribution in [0, 0.1) is 0 Å². The summed E-state index contributed by atoms with van der Waals surface area (Å²) in [6.45, 7) is 4.02. The number of carbonyl (C=O) groups is 2. The minimum atomic E-state index is -0.359. The van der Waals surface area contributed by atoms with Crippen LogP contribution in [0.25, 0.3) is 6.08 Å². The van der Waals surface area contributed by atoms with Crippen LogP contribution in [-0.4, -0.2) is 25.6 Å². The zero-order valence-electron chi connectivity index (χ0n) is 15.7. The number of ether oxygens (including phenoxy) is 2. The number of anilines is 1. The summed E-state index contributed by atoms with van der Waals surface area (Å²) in [6, 6.07) is 14.4. The molecule has 5 heteroatoms. The first-order valence-electron chi connectivity index (χ1n) is 8.60. The maximum atomic E-state index is 12.3. The van der Waals surface area contributed by atoms with E-state index in [4.69, 9.17) is 9.47 Å². The first kappa shape index (κ1) is 20.0. The van der Waals surface area contributed by atoms with Crippen molar-refractivity contribution in [1.82, 2.24) is 0 Å². The normalized spacial score (nSPS) is 11.3. The lowest BCUT2D eigenvalue weighted by atomic mass is 10.1. The standard InChI is InChI=1S/C22H23NO4/c1-4-27-21(24)14-5-16(2)15-17-6-10-19(11-7-17)23-22(25)18-8-12-20(26-3)13-9-18/h5-15H,4H2,1-3H3,(H,23,25)/b14-5+,16-15+. The Morgan fingerprint density at radius 2 is 1.67 bits per heavy atom. The quantitative estimate of drug-likeness (QED) is 0.447. The van der Waals surface area contributed by atoms with Crippen molar-refractivity contribution in [1.29, 1.82) is 0 Å². The molecule has 0 aromatic heterocycles. The van der Waals surface area contributed by atoms with Crippen molar-refractivity contribution in [2.45, 2.75) is 13.8 Å². The van der Waals surface area contributed by atoms with Crippen LogP contribution in [0.5, 0.6) is 5.75 Å². The van der Waals surface area contributed by atoms with E-state index in [1.54, 1.807) is 44.4 Å². The van der Waals surface area contributed by atoms with E-state index in [1.807, 2.05) is 37.3 Å². The van der Waals surface area contributed by atoms with Gasteiger partial charge in [-0.3, -0.25) is 4.79 Å². The maximum absolute atomic E-state index is 12.3. The van der Waals surface area contributed by atoms with Gasteiger partial charge in [0.1, 0.15) is 5.75 Å². The molecule has 1 amide bonds. The Bertz CT molecular complexity index is 834. The van der Waals surface area contributed by atoms with Crippen molar-refractivity contribution in [2.24, 2.45) is 0 Å². The summed E-state index contributed by atoms with van der Waals surface area (Å²) in [5, 5.41) is 2.85. The molecule has 2 aromatic rings. The van der Waals surface area contributed by atoms with Crippen LogP contribution >= 0.6 is 0 Å². The van der Waals surface area contributed by atoms with Gasteiger partial charge in [0.25, 0.3) is 5.91 Å². The molecule has 140 valence electrons. The highest BCUT2D eigenvalue weighted by Crippen LogP contribution is 2.16. The van der Waals surface area contributed by atoms with E-state index in [1.165, 1.54) is 6.08 Å². The van der Waals surface area contributed by atoms with Crippen molar-refractivity contribution >= 4 is 23.6 Å². The lowest BCUT2D eigenvalue weighted by Gasteiger charge is -2.06. The molecule has 0 spiro atoms. The molecule has 5 nitrogen and oxygen atoms in total. The summed E-state index contributed by atoms with van der Waals surface area (Å²) < 4.78 is 9.93. The summed E-state index contributed by atoms with van der Waals surface area (Å²) >= 11 is 0. The Morgan fingerprint density at radius 3 is 2.26 bits per heavy atom. The number of benzene rings is 2. The molecule has 27 heavy (non-hydrogen) atoms. The monoisotopic (exact) mass is 365 g/mol. The van der Waals surface area contributed by atoms with Crippen LogP contribution in [0.3, 0.4) is 0 Å². The number of amides is 1. The third kappa shape index (κ3) is 6.47. The van der Waals surface area contributed by atoms with Gasteiger partial charge < -0.3 is 14.8 Å². The van der Waals surface area contributed by atoms with E-state index >= 15 is 0 Å². The minimum absolute atomic E-state index is 0.186. The highest BCUT2D eigenvalue weighted by molar-refractivity contribution is 6.04. The average Bonchev–Trinajstić information content (AvgIpc) is 2.68. The number of hydrogen-bond donors (Lipinski definition) is 1. The summed E-state index contributed by atoms with van der Waals surface area (Å²) in [4.78, 5) is 23.6. The highest BCUT2D eigenvalue weighted by atomic mass is 16.5. The molecule has 2 rings (SSSR count). The molecule has 1 N–H and O–H groups in total. The molecule has 0 saturated heterocycles. The second-order valence-corrected chi connectivity index (χ2v) is 5.78. The zero-order valence-corrected chi connectivity index (χ0v) is 15.7. The van der Waals surface area contributed by atoms with E-state index in [2.05, 4.69) is 5.32 Å². The van der Waals surface area contributed by atoms with Gasteiger partial charge in [-0.2, -0.15) is 0 Å². The van der Waals surface area contributed by atoms with Crippen LogP contribution in [0.1, 0.15) is 29.8 Å². The number of carbonyl (C=O) groups excluding carboxylic acids is 2. The fraction of sp³-hybridized carbons (Fsp3) is 0.182. The van der Waals surface area contributed by atoms with Gasteiger partial charge in [-0.15, -0.1) is 0 Å². The fourth-order valence-corrected chi connectivity index (χ4v) is 2.31. The van der Waals surface area contributed by atoms with Gasteiger partial charge in [-0.1, -0.05) is 29.9 Å². The molecule has 0 unspecified atom stereocenters. The Morgan fingerprint density at radius 1 is 1.00 bits per heavy atom. The van der Waals surface area contributed by atoms with Gasteiger partial charge in [-0.05, 0) is 55.8 Å². The largest absolute Gasteiger partial charge is 0.497 e. The number of allylic oxidation sites excluding steroid dienone is 2. The Labute approximate surface area is 159 Å². The van der Waals surface area contributed by atoms with Gasteiger partial charge >= 0.3 is 5.97 Å². The first-order chi connectivity index (χ1) is 13.0. The van der Waals surface area contributed by atoms with Crippen molar-refractivity contribution in [2.75, 3.05) is 19.0 Å². The molecule has 0 atom stereocenters. The molecular formula is C22H23NO4. The molecule has 0 aliphatic heterocycles. The minimum Gasteiger partial charge on any atom is -0.497 e. The van der Waals surface area contributed by atoms with Crippen molar-refractivity contribution in [3.63, 3.8) is 0 Å². The number of hydrogen-bond acceptors (Lipinski definition) is 4. The Hall–Kier alpha value is -3.34. The van der Waals surface area contributed by atoms with E-state index in [0.29, 0.717) is 23.6 Å². The topological polar surface area (TPSA) is 64.6 Å². The maximum Gasteiger partial charge on any atom is 0.330 e. The van der Waals surface area contributed by atoms with Crippen LogP contribution < -0.4 is 10.1 Å². The molecule has 0 radical (unpaired) electrons. The second kappa shape index (κ2) is 9.97. The van der Waals surface area contributed by atoms with E-state index in [9.17, 15) is 9.59 Å². The zero-order chi connectivity index (χ0) is 19.6. The lowest BCUT2D eigenvalue weighted by Crippen LogP contribution is -2.11. The van der Waals surface area contributed by atoms with E-state index in [-0.39, 0.29) is 11.9 Å². The fourth-order valence-electron chi connectivity index (χ4n) is 2.31. The van der Waals surface area contributed by atoms with Crippen molar-refractivity contribution in [3.05, 3.63) is 77.4 Å². The van der Waals surface area contributed by atoms with E-state index in [0.717, 1.165) is 11.1 Å². The highest BCUT2D eigenvalue weighted by Gasteiger charge is 2.06. The predicted molar refractivity (Wildman–Crippen MR) is 107 cm³/mol. The number of esters is 1. The number of nitrogens with one attached hydrogen (secondary N) is 1. The molecule has 0 aliphatic rings. The van der Waals surface area contributed by atoms with Gasteiger partial charge in [-0.25, -0.2) is 4.79 Å². The Balaban J connectivity index is 1.98. The van der Waals surface area contributed by atoms with Crippen molar-refractivity contribution in [3.8, 4) is 5.75 Å². The summed E-state index contributed by atoms with van der Waals surface area (Å²) in [7, 11) is 1.58. The molecule has 0 fully saturated rings. The smallest absolute Gasteiger partial charge is 0.330 e. The summed E-state index contributed by atoms with van der Waals surface area (Å²) in [5.74, 6) is 0.159. The summed E-state index contributed by atoms with van der Waals surface area (Å²) in [5.41, 5.74) is 3.13. The lowest BCUT2D eigenvalue weighted by molar-refractivity contribution is -0.137. The molecule has 2 aromatic carbocycles. The number of methoxy groups -OCH3 is 1. The molecule has 0 aliphatic carbocycles. The average molecular weight is 365 g/mol. The molecule has 0 bridgehead atoms. The van der Waals surface area contributed by atoms with Gasteiger partial charge in [0, 0.05) is 17.3 Å². The second-order valence-electron chi connectivity index (χ2n) is 5.78. The number of rotatable bonds is 7. The molecular weight excluding hydrogens is 342 g/mol.